The standard InChI is InChI=1S/C24H34N4O4S/c1-4-27(5-2)22(31)24(12-7-6-8-13-24)26-20(29)17-10-11-18-19(16-17)25-23(33)28(21(18)30)14-9-15-32-3/h10-11,16H,4-9,12-15H2,1-3H3,(H,25,33)(H,26,29). The summed E-state index contributed by atoms with van der Waals surface area (Å²) in [5, 5.41) is 3.53. The Labute approximate surface area is 199 Å². The Morgan fingerprint density at radius 1 is 1.21 bits per heavy atom. The zero-order valence-corrected chi connectivity index (χ0v) is 20.6. The number of likely N-dealkylation sites (N-methyl/N-ethyl adjacent to an activating group) is 1. The van der Waals surface area contributed by atoms with Crippen LogP contribution < -0.4 is 10.9 Å². The van der Waals surface area contributed by atoms with Gasteiger partial charge in [0, 0.05) is 38.9 Å². The molecule has 0 atom stereocenters. The molecule has 1 aliphatic rings. The summed E-state index contributed by atoms with van der Waals surface area (Å²) in [4.78, 5) is 44.4. The third kappa shape index (κ3) is 5.35. The lowest BCUT2D eigenvalue weighted by Crippen LogP contribution is -2.60. The van der Waals surface area contributed by atoms with E-state index in [2.05, 4.69) is 10.3 Å². The van der Waals surface area contributed by atoms with Gasteiger partial charge in [0.2, 0.25) is 5.91 Å². The smallest absolute Gasteiger partial charge is 0.262 e. The third-order valence-corrected chi connectivity index (χ3v) is 6.82. The highest BCUT2D eigenvalue weighted by atomic mass is 32.1. The van der Waals surface area contributed by atoms with Crippen molar-refractivity contribution in [1.29, 1.82) is 0 Å². The first kappa shape index (κ1) is 25.1. The van der Waals surface area contributed by atoms with Gasteiger partial charge < -0.3 is 19.9 Å². The number of carbonyl (C=O) groups excluding carboxylic acids is 2. The average molecular weight is 475 g/mol. The van der Waals surface area contributed by atoms with Gasteiger partial charge in [-0.25, -0.2) is 0 Å². The number of fused-ring (bicyclic) bond motifs is 1. The second-order valence-electron chi connectivity index (χ2n) is 8.57. The molecule has 33 heavy (non-hydrogen) atoms. The van der Waals surface area contributed by atoms with Crippen LogP contribution in [0.5, 0.6) is 0 Å². The third-order valence-electron chi connectivity index (χ3n) is 6.49. The van der Waals surface area contributed by atoms with Crippen LogP contribution in [0.25, 0.3) is 10.9 Å². The predicted octanol–water partition coefficient (Wildman–Crippen LogP) is 3.40. The molecule has 0 saturated heterocycles. The number of amides is 2. The van der Waals surface area contributed by atoms with E-state index in [1.807, 2.05) is 13.8 Å². The maximum Gasteiger partial charge on any atom is 0.262 e. The van der Waals surface area contributed by atoms with E-state index in [0.29, 0.717) is 66.7 Å². The number of aromatic amines is 1. The first-order valence-electron chi connectivity index (χ1n) is 11.7. The van der Waals surface area contributed by atoms with Crippen molar-refractivity contribution in [2.45, 2.75) is 64.5 Å². The number of aromatic nitrogens is 2. The highest BCUT2D eigenvalue weighted by Crippen LogP contribution is 2.30. The molecule has 1 aliphatic carbocycles. The predicted molar refractivity (Wildman–Crippen MR) is 131 cm³/mol. The Balaban J connectivity index is 1.91. The normalized spacial score (nSPS) is 15.4. The summed E-state index contributed by atoms with van der Waals surface area (Å²) in [5.41, 5.74) is -0.179. The minimum atomic E-state index is -0.881. The summed E-state index contributed by atoms with van der Waals surface area (Å²) < 4.78 is 6.88. The molecule has 0 unspecified atom stereocenters. The number of hydrogen-bond acceptors (Lipinski definition) is 5. The van der Waals surface area contributed by atoms with Crippen molar-refractivity contribution in [1.82, 2.24) is 19.8 Å². The van der Waals surface area contributed by atoms with E-state index in [9.17, 15) is 14.4 Å². The fourth-order valence-corrected chi connectivity index (χ4v) is 4.90. The van der Waals surface area contributed by atoms with E-state index >= 15 is 0 Å². The molecule has 1 saturated carbocycles. The van der Waals surface area contributed by atoms with Crippen molar-refractivity contribution in [3.63, 3.8) is 0 Å². The van der Waals surface area contributed by atoms with Crippen molar-refractivity contribution in [3.8, 4) is 0 Å². The largest absolute Gasteiger partial charge is 0.385 e. The number of carbonyl (C=O) groups is 2. The molecule has 0 radical (unpaired) electrons. The number of nitrogens with zero attached hydrogens (tertiary/aromatic N) is 2. The van der Waals surface area contributed by atoms with E-state index in [0.717, 1.165) is 19.3 Å². The van der Waals surface area contributed by atoms with Crippen molar-refractivity contribution in [3.05, 3.63) is 38.9 Å². The average Bonchev–Trinajstić information content (AvgIpc) is 2.82. The van der Waals surface area contributed by atoms with E-state index in [4.69, 9.17) is 17.0 Å². The van der Waals surface area contributed by atoms with Crippen LogP contribution >= 0.6 is 12.2 Å². The molecule has 1 fully saturated rings. The van der Waals surface area contributed by atoms with Crippen molar-refractivity contribution in [2.75, 3.05) is 26.8 Å². The summed E-state index contributed by atoms with van der Waals surface area (Å²) in [7, 11) is 1.61. The maximum atomic E-state index is 13.3. The Bertz CT molecular complexity index is 1110. The summed E-state index contributed by atoms with van der Waals surface area (Å²) in [6.07, 6.45) is 4.81. The molecular formula is C24H34N4O4S. The van der Waals surface area contributed by atoms with Gasteiger partial charge in [0.05, 0.1) is 10.9 Å². The number of H-pyrrole nitrogens is 1. The van der Waals surface area contributed by atoms with E-state index in [-0.39, 0.29) is 17.4 Å². The van der Waals surface area contributed by atoms with Gasteiger partial charge in [-0.3, -0.25) is 19.0 Å². The van der Waals surface area contributed by atoms with Crippen LogP contribution in [0, 0.1) is 4.77 Å². The van der Waals surface area contributed by atoms with Gasteiger partial charge in [-0.05, 0) is 63.5 Å². The molecule has 2 N–H and O–H groups in total. The number of hydrogen-bond donors (Lipinski definition) is 2. The van der Waals surface area contributed by atoms with Crippen LogP contribution in [-0.2, 0) is 16.1 Å². The first-order chi connectivity index (χ1) is 15.9. The Kier molecular flexibility index (Phi) is 8.42. The quantitative estimate of drug-likeness (QED) is 0.429. The first-order valence-corrected chi connectivity index (χ1v) is 12.2. The lowest BCUT2D eigenvalue weighted by atomic mass is 9.80. The molecule has 9 heteroatoms. The SMILES string of the molecule is CCN(CC)C(=O)C1(NC(=O)c2ccc3c(=O)n(CCCOC)c(=S)[nH]c3c2)CCCCC1. The molecule has 180 valence electrons. The summed E-state index contributed by atoms with van der Waals surface area (Å²) in [5.74, 6) is -0.331. The number of benzene rings is 1. The van der Waals surface area contributed by atoms with Gasteiger partial charge in [0.25, 0.3) is 11.5 Å². The Morgan fingerprint density at radius 3 is 2.55 bits per heavy atom. The summed E-state index contributed by atoms with van der Waals surface area (Å²) in [6.45, 7) is 6.11. The minimum Gasteiger partial charge on any atom is -0.385 e. The topological polar surface area (TPSA) is 96.4 Å². The highest BCUT2D eigenvalue weighted by Gasteiger charge is 2.42. The lowest BCUT2D eigenvalue weighted by Gasteiger charge is -2.40. The van der Waals surface area contributed by atoms with Gasteiger partial charge in [-0.15, -0.1) is 0 Å². The molecule has 1 heterocycles. The maximum absolute atomic E-state index is 13.3. The number of ether oxygens (including phenoxy) is 1. The molecule has 1 aromatic carbocycles. The molecule has 2 amide bonds. The summed E-state index contributed by atoms with van der Waals surface area (Å²) >= 11 is 5.38. The van der Waals surface area contributed by atoms with E-state index < -0.39 is 5.54 Å². The van der Waals surface area contributed by atoms with Gasteiger partial charge >= 0.3 is 0 Å². The molecule has 0 bridgehead atoms. The Morgan fingerprint density at radius 2 is 1.91 bits per heavy atom. The van der Waals surface area contributed by atoms with Crippen molar-refractivity contribution in [2.24, 2.45) is 0 Å². The molecule has 1 aromatic heterocycles. The molecule has 0 aliphatic heterocycles. The number of methoxy groups -OCH3 is 1. The highest BCUT2D eigenvalue weighted by molar-refractivity contribution is 7.71. The van der Waals surface area contributed by atoms with Gasteiger partial charge in [0.15, 0.2) is 4.77 Å². The zero-order chi connectivity index (χ0) is 24.0. The van der Waals surface area contributed by atoms with Gasteiger partial charge in [0.1, 0.15) is 5.54 Å². The fourth-order valence-electron chi connectivity index (χ4n) is 4.62. The second kappa shape index (κ2) is 11.1. The lowest BCUT2D eigenvalue weighted by molar-refractivity contribution is -0.139. The van der Waals surface area contributed by atoms with Crippen molar-refractivity contribution >= 4 is 34.9 Å². The van der Waals surface area contributed by atoms with Gasteiger partial charge in [-0.1, -0.05) is 19.3 Å². The van der Waals surface area contributed by atoms with E-state index in [1.165, 1.54) is 4.57 Å². The van der Waals surface area contributed by atoms with Crippen LogP contribution in [0.3, 0.4) is 0 Å². The Hall–Kier alpha value is -2.52. The van der Waals surface area contributed by atoms with Crippen LogP contribution in [0.15, 0.2) is 23.0 Å². The molecule has 8 nitrogen and oxygen atoms in total. The van der Waals surface area contributed by atoms with E-state index in [1.54, 1.807) is 30.2 Å². The van der Waals surface area contributed by atoms with Gasteiger partial charge in [-0.2, -0.15) is 0 Å². The van der Waals surface area contributed by atoms with Crippen LogP contribution in [0.1, 0.15) is 62.7 Å². The summed E-state index contributed by atoms with van der Waals surface area (Å²) in [6, 6.07) is 4.91. The molecule has 2 aromatic rings. The fraction of sp³-hybridized carbons (Fsp3) is 0.583. The molecule has 3 rings (SSSR count). The molecule has 0 spiro atoms. The second-order valence-corrected chi connectivity index (χ2v) is 8.95. The molecular weight excluding hydrogens is 440 g/mol. The van der Waals surface area contributed by atoms with Crippen LogP contribution in [0.4, 0.5) is 0 Å². The monoisotopic (exact) mass is 474 g/mol. The van der Waals surface area contributed by atoms with Crippen molar-refractivity contribution < 1.29 is 14.3 Å². The number of nitrogens with one attached hydrogen (secondary N) is 2. The zero-order valence-electron chi connectivity index (χ0n) is 19.7. The van der Waals surface area contributed by atoms with Crippen LogP contribution in [0.2, 0.25) is 0 Å². The van der Waals surface area contributed by atoms with Crippen LogP contribution in [-0.4, -0.2) is 58.6 Å². The minimum absolute atomic E-state index is 0.0142. The number of rotatable bonds is 9.